The van der Waals surface area contributed by atoms with E-state index in [0.717, 1.165) is 16.8 Å². The summed E-state index contributed by atoms with van der Waals surface area (Å²) in [6, 6.07) is 7.13. The Hall–Kier alpha value is -2.27. The molecule has 0 aliphatic rings. The fourth-order valence-electron chi connectivity index (χ4n) is 2.03. The molecule has 0 fully saturated rings. The first-order valence-corrected chi connectivity index (χ1v) is 6.70. The minimum Gasteiger partial charge on any atom is -0.438 e. The van der Waals surface area contributed by atoms with Crippen molar-refractivity contribution in [3.8, 4) is 11.6 Å². The molecule has 0 aliphatic carbocycles. The largest absolute Gasteiger partial charge is 0.438 e. The summed E-state index contributed by atoms with van der Waals surface area (Å²) in [5, 5.41) is 12.6. The Kier molecular flexibility index (Phi) is 4.33. The predicted octanol–water partition coefficient (Wildman–Crippen LogP) is 3.55. The van der Waals surface area contributed by atoms with E-state index in [9.17, 15) is 0 Å². The van der Waals surface area contributed by atoms with Crippen LogP contribution in [0.3, 0.4) is 0 Å². The van der Waals surface area contributed by atoms with Crippen LogP contribution < -0.4 is 10.5 Å². The molecule has 6 heteroatoms. The maximum absolute atomic E-state index is 8.92. The smallest absolute Gasteiger partial charge is 0.230 e. The maximum Gasteiger partial charge on any atom is 0.230 e. The van der Waals surface area contributed by atoms with Crippen molar-refractivity contribution in [2.75, 3.05) is 0 Å². The zero-order chi connectivity index (χ0) is 15.6. The van der Waals surface area contributed by atoms with Gasteiger partial charge in [0.15, 0.2) is 5.84 Å². The molecule has 21 heavy (non-hydrogen) atoms. The first-order chi connectivity index (χ1) is 9.92. The van der Waals surface area contributed by atoms with E-state index < -0.39 is 0 Å². The molecule has 1 heterocycles. The van der Waals surface area contributed by atoms with Crippen LogP contribution in [0.2, 0.25) is 5.02 Å². The minimum absolute atomic E-state index is 0.0410. The van der Waals surface area contributed by atoms with E-state index in [1.807, 2.05) is 26.8 Å². The molecule has 2 rings (SSSR count). The number of nitrogens with zero attached hydrogens (tertiary/aromatic N) is 2. The highest BCUT2D eigenvalue weighted by Crippen LogP contribution is 2.28. The van der Waals surface area contributed by atoms with Gasteiger partial charge in [-0.25, -0.2) is 4.98 Å². The van der Waals surface area contributed by atoms with Crippen molar-refractivity contribution in [3.63, 3.8) is 0 Å². The van der Waals surface area contributed by atoms with E-state index >= 15 is 0 Å². The number of hydrogen-bond donors (Lipinski definition) is 2. The fourth-order valence-corrected chi connectivity index (χ4v) is 2.15. The lowest BCUT2D eigenvalue weighted by Gasteiger charge is -2.13. The number of ether oxygens (including phenoxy) is 1. The van der Waals surface area contributed by atoms with Gasteiger partial charge in [0.05, 0.1) is 5.56 Å². The van der Waals surface area contributed by atoms with E-state index in [4.69, 9.17) is 27.3 Å². The Bertz CT molecular complexity index is 714. The van der Waals surface area contributed by atoms with Gasteiger partial charge in [0.25, 0.3) is 0 Å². The molecule has 0 saturated heterocycles. The summed E-state index contributed by atoms with van der Waals surface area (Å²) in [7, 11) is 0. The molecule has 0 aliphatic heterocycles. The Morgan fingerprint density at radius 1 is 1.24 bits per heavy atom. The zero-order valence-corrected chi connectivity index (χ0v) is 12.8. The molecule has 5 nitrogen and oxygen atoms in total. The molecule has 1 aromatic heterocycles. The number of amidine groups is 1. The average Bonchev–Trinajstić information content (AvgIpc) is 2.41. The van der Waals surface area contributed by atoms with Crippen LogP contribution in [0.4, 0.5) is 0 Å². The summed E-state index contributed by atoms with van der Waals surface area (Å²) < 4.78 is 5.79. The molecule has 3 N–H and O–H groups in total. The number of hydrogen-bond acceptors (Lipinski definition) is 4. The number of pyridine rings is 1. The van der Waals surface area contributed by atoms with Gasteiger partial charge in [-0.05, 0) is 56.2 Å². The average molecular weight is 306 g/mol. The lowest BCUT2D eigenvalue weighted by molar-refractivity contribution is 0.318. The van der Waals surface area contributed by atoms with Gasteiger partial charge in [0, 0.05) is 10.7 Å². The molecule has 110 valence electrons. The predicted molar refractivity (Wildman–Crippen MR) is 82.5 cm³/mol. The third-order valence-corrected chi connectivity index (χ3v) is 3.44. The number of benzene rings is 1. The SMILES string of the molecule is Cc1cc(C)c(C(N)=NO)c(Oc2ccc(Cl)c(C)c2)n1. The lowest BCUT2D eigenvalue weighted by atomic mass is 10.1. The topological polar surface area (TPSA) is 80.7 Å². The molecular weight excluding hydrogens is 290 g/mol. The molecule has 0 saturated carbocycles. The Morgan fingerprint density at radius 2 is 1.95 bits per heavy atom. The van der Waals surface area contributed by atoms with E-state index in [1.165, 1.54) is 0 Å². The van der Waals surface area contributed by atoms with E-state index in [-0.39, 0.29) is 5.84 Å². The first kappa shape index (κ1) is 15.1. The van der Waals surface area contributed by atoms with Gasteiger partial charge in [-0.1, -0.05) is 16.8 Å². The molecule has 0 radical (unpaired) electrons. The normalized spacial score (nSPS) is 11.5. The van der Waals surface area contributed by atoms with Gasteiger partial charge >= 0.3 is 0 Å². The zero-order valence-electron chi connectivity index (χ0n) is 12.0. The second kappa shape index (κ2) is 6.01. The monoisotopic (exact) mass is 305 g/mol. The highest BCUT2D eigenvalue weighted by atomic mass is 35.5. The van der Waals surface area contributed by atoms with Crippen LogP contribution in [0, 0.1) is 20.8 Å². The summed E-state index contributed by atoms with van der Waals surface area (Å²) >= 11 is 5.99. The fraction of sp³-hybridized carbons (Fsp3) is 0.200. The van der Waals surface area contributed by atoms with Crippen LogP contribution in [0.15, 0.2) is 29.4 Å². The number of rotatable bonds is 3. The molecule has 2 aromatic rings. The first-order valence-electron chi connectivity index (χ1n) is 6.32. The van der Waals surface area contributed by atoms with Crippen molar-refractivity contribution in [1.29, 1.82) is 0 Å². The quantitative estimate of drug-likeness (QED) is 0.393. The van der Waals surface area contributed by atoms with Crippen molar-refractivity contribution in [3.05, 3.63) is 51.7 Å². The van der Waals surface area contributed by atoms with Crippen LogP contribution in [-0.4, -0.2) is 16.0 Å². The molecule has 1 aromatic carbocycles. The molecule has 0 spiro atoms. The van der Waals surface area contributed by atoms with Crippen molar-refractivity contribution in [1.82, 2.24) is 4.98 Å². The van der Waals surface area contributed by atoms with Crippen LogP contribution >= 0.6 is 11.6 Å². The third-order valence-electron chi connectivity index (χ3n) is 3.02. The number of aromatic nitrogens is 1. The Balaban J connectivity index is 2.50. The lowest BCUT2D eigenvalue weighted by Crippen LogP contribution is -2.17. The molecular formula is C15H16ClN3O2. The van der Waals surface area contributed by atoms with Crippen molar-refractivity contribution >= 4 is 17.4 Å². The van der Waals surface area contributed by atoms with Gasteiger partial charge in [-0.15, -0.1) is 0 Å². The van der Waals surface area contributed by atoms with Gasteiger partial charge in [0.1, 0.15) is 5.75 Å². The standard InChI is InChI=1S/C15H16ClN3O2/c1-8-7-11(4-5-12(8)16)21-15-13(14(17)19-20)9(2)6-10(3)18-15/h4-7,20H,1-3H3,(H2,17,19). The van der Waals surface area contributed by atoms with Gasteiger partial charge in [0.2, 0.25) is 5.88 Å². The number of oxime groups is 1. The van der Waals surface area contributed by atoms with E-state index in [0.29, 0.717) is 22.2 Å². The summed E-state index contributed by atoms with van der Waals surface area (Å²) in [6.07, 6.45) is 0. The third kappa shape index (κ3) is 3.25. The van der Waals surface area contributed by atoms with Gasteiger partial charge < -0.3 is 15.7 Å². The summed E-state index contributed by atoms with van der Waals surface area (Å²) in [6.45, 7) is 5.58. The van der Waals surface area contributed by atoms with Crippen molar-refractivity contribution in [2.24, 2.45) is 10.9 Å². The minimum atomic E-state index is -0.0410. The van der Waals surface area contributed by atoms with E-state index in [1.54, 1.807) is 18.2 Å². The second-order valence-corrected chi connectivity index (χ2v) is 5.17. The Labute approximate surface area is 128 Å². The van der Waals surface area contributed by atoms with Crippen LogP contribution in [0.5, 0.6) is 11.6 Å². The van der Waals surface area contributed by atoms with Crippen LogP contribution in [0.25, 0.3) is 0 Å². The Morgan fingerprint density at radius 3 is 2.57 bits per heavy atom. The number of halogens is 1. The van der Waals surface area contributed by atoms with Crippen molar-refractivity contribution in [2.45, 2.75) is 20.8 Å². The summed E-state index contributed by atoms with van der Waals surface area (Å²) in [5.74, 6) is 0.839. The number of nitrogens with two attached hydrogens (primary N) is 1. The molecule has 0 unspecified atom stereocenters. The molecule has 0 bridgehead atoms. The summed E-state index contributed by atoms with van der Waals surface area (Å²) in [5.41, 5.74) is 8.67. The highest BCUT2D eigenvalue weighted by Gasteiger charge is 2.15. The van der Waals surface area contributed by atoms with Crippen LogP contribution in [0.1, 0.15) is 22.4 Å². The molecule has 0 amide bonds. The summed E-state index contributed by atoms with van der Waals surface area (Å²) in [4.78, 5) is 4.32. The second-order valence-electron chi connectivity index (χ2n) is 4.76. The maximum atomic E-state index is 8.92. The van der Waals surface area contributed by atoms with Crippen LogP contribution in [-0.2, 0) is 0 Å². The van der Waals surface area contributed by atoms with Crippen molar-refractivity contribution < 1.29 is 9.94 Å². The van der Waals surface area contributed by atoms with E-state index in [2.05, 4.69) is 10.1 Å². The van der Waals surface area contributed by atoms with Gasteiger partial charge in [-0.3, -0.25) is 0 Å². The van der Waals surface area contributed by atoms with Gasteiger partial charge in [-0.2, -0.15) is 0 Å². The molecule has 0 atom stereocenters. The highest BCUT2D eigenvalue weighted by molar-refractivity contribution is 6.31. The number of aryl methyl sites for hydroxylation is 3.